The number of carbonyl (C=O) groups excluding carboxylic acids is 2. The van der Waals surface area contributed by atoms with Crippen LogP contribution in [0.3, 0.4) is 0 Å². The lowest BCUT2D eigenvalue weighted by molar-refractivity contribution is -0.137. The molecule has 2 amide bonds. The molecule has 6 rings (SSSR count). The summed E-state index contributed by atoms with van der Waals surface area (Å²) in [5.74, 6) is -0.819. The van der Waals surface area contributed by atoms with Gasteiger partial charge in [-0.25, -0.2) is 4.98 Å². The number of H-pyrrole nitrogens is 1. The van der Waals surface area contributed by atoms with Crippen molar-refractivity contribution < 1.29 is 37.8 Å². The minimum Gasteiger partial charge on any atom is -0.365 e. The van der Waals surface area contributed by atoms with Gasteiger partial charge in [0, 0.05) is 40.6 Å². The monoisotopic (exact) mass is 648 g/mol. The van der Waals surface area contributed by atoms with Gasteiger partial charge in [-0.2, -0.15) is 8.78 Å². The number of alkyl halides is 2. The fourth-order valence-corrected chi connectivity index (χ4v) is 7.43. The first-order valence-corrected chi connectivity index (χ1v) is 16.5. The molecule has 7 N–H and O–H groups in total. The highest BCUT2D eigenvalue weighted by Crippen LogP contribution is 2.59. The van der Waals surface area contributed by atoms with E-state index in [2.05, 4.69) is 25.9 Å². The van der Waals surface area contributed by atoms with Gasteiger partial charge in [-0.3, -0.25) is 24.8 Å². The van der Waals surface area contributed by atoms with Gasteiger partial charge in [0.05, 0.1) is 11.0 Å². The molecule has 234 valence electrons. The van der Waals surface area contributed by atoms with Gasteiger partial charge in [0.15, 0.2) is 6.35 Å². The molecule has 3 aromatic heterocycles. The van der Waals surface area contributed by atoms with Gasteiger partial charge in [-0.05, 0) is 73.4 Å². The van der Waals surface area contributed by atoms with Gasteiger partial charge in [0.2, 0.25) is 5.91 Å². The summed E-state index contributed by atoms with van der Waals surface area (Å²) < 4.78 is 40.2. The number of carbonyl (C=O) groups is 2. The number of aliphatic hydroxyl groups is 1. The van der Waals surface area contributed by atoms with Crippen molar-refractivity contribution in [1.29, 1.82) is 0 Å². The maximum absolute atomic E-state index is 14.2. The number of hydrogen-bond donors (Lipinski definition) is 7. The molecule has 16 heteroatoms. The average molecular weight is 649 g/mol. The summed E-state index contributed by atoms with van der Waals surface area (Å²) in [5.41, 5.74) is -3.54. The molecule has 0 aliphatic carbocycles. The third-order valence-corrected chi connectivity index (χ3v) is 10.3. The lowest BCUT2D eigenvalue weighted by atomic mass is 10.1. The molecule has 2 saturated heterocycles. The van der Waals surface area contributed by atoms with Crippen molar-refractivity contribution in [3.63, 3.8) is 0 Å². The molecule has 4 aromatic rings. The second-order valence-electron chi connectivity index (χ2n) is 11.1. The lowest BCUT2D eigenvalue weighted by Gasteiger charge is -2.33. The fraction of sp³-hybridized carbons (Fsp3) is 0.393. The van der Waals surface area contributed by atoms with Crippen molar-refractivity contribution in [1.82, 2.24) is 30.8 Å². The topological polar surface area (TPSA) is 180 Å². The summed E-state index contributed by atoms with van der Waals surface area (Å²) in [5, 5.41) is 20.8. The van der Waals surface area contributed by atoms with E-state index < -0.39 is 43.3 Å². The van der Waals surface area contributed by atoms with Gasteiger partial charge < -0.3 is 30.1 Å². The number of amides is 2. The van der Waals surface area contributed by atoms with Crippen LogP contribution in [-0.2, 0) is 21.6 Å². The zero-order chi connectivity index (χ0) is 31.2. The molecule has 0 bridgehead atoms. The number of nitrogens with zero attached hydrogens (tertiary/aromatic N) is 2. The summed E-state index contributed by atoms with van der Waals surface area (Å²) >= 11 is 1.02. The third kappa shape index (κ3) is 5.88. The standard InChI is InChI=1S/C28H31F2N6O6PS/c29-28(30,43(40,41)42)17-6-8-21-15(11-17)12-22(44-21)25(37)34-20-5-1-3-18-7-9-23(36(18)26(20)38)35-27(39)33-14-16-13-32-24-19(16)4-2-10-31-24/h2,4,6,8,10-13,18,20,23,27,33,35,39H,1,3,5,7,9,14H2,(H,31,32)(H,34,37)(H2,40,41,42)/t18-,20?,23-,27?/m0/s1. The smallest absolute Gasteiger partial charge is 0.365 e. The number of hydrogen-bond acceptors (Lipinski definition) is 8. The van der Waals surface area contributed by atoms with Crippen molar-refractivity contribution in [3.05, 3.63) is 64.8 Å². The molecule has 0 saturated carbocycles. The van der Waals surface area contributed by atoms with Gasteiger partial charge in [0.25, 0.3) is 5.91 Å². The predicted molar refractivity (Wildman–Crippen MR) is 159 cm³/mol. The SMILES string of the molecule is O=C(NC1CCC[C@H]2CC[C@@H](NC(O)NCc3c[nH]c4ncccc34)N2C1=O)c1cc2cc(C(F)(F)P(=O)(O)O)ccc2s1. The molecule has 0 spiro atoms. The molecule has 0 radical (unpaired) electrons. The summed E-state index contributed by atoms with van der Waals surface area (Å²) in [7, 11) is -5.74. The van der Waals surface area contributed by atoms with E-state index in [-0.39, 0.29) is 22.2 Å². The van der Waals surface area contributed by atoms with Crippen LogP contribution in [0.2, 0.25) is 0 Å². The number of aromatic nitrogens is 2. The van der Waals surface area contributed by atoms with Crippen molar-refractivity contribution in [2.24, 2.45) is 0 Å². The molecule has 2 fully saturated rings. The third-order valence-electron chi connectivity index (χ3n) is 8.22. The van der Waals surface area contributed by atoms with E-state index in [1.807, 2.05) is 18.3 Å². The Bertz CT molecular complexity index is 1760. The Morgan fingerprint density at radius 2 is 2.02 bits per heavy atom. The maximum atomic E-state index is 14.2. The number of halogens is 2. The summed E-state index contributed by atoms with van der Waals surface area (Å²) in [6.07, 6.45) is 5.21. The van der Waals surface area contributed by atoms with E-state index in [1.165, 1.54) is 12.1 Å². The Morgan fingerprint density at radius 1 is 1.20 bits per heavy atom. The molecule has 2 aliphatic heterocycles. The van der Waals surface area contributed by atoms with Gasteiger partial charge in [-0.1, -0.05) is 6.07 Å². The molecule has 44 heavy (non-hydrogen) atoms. The molecular weight excluding hydrogens is 617 g/mol. The number of aliphatic hydroxyl groups excluding tert-OH is 1. The van der Waals surface area contributed by atoms with Crippen LogP contribution in [0.15, 0.2) is 48.8 Å². The van der Waals surface area contributed by atoms with Gasteiger partial charge in [0.1, 0.15) is 11.7 Å². The highest BCUT2D eigenvalue weighted by atomic mass is 32.1. The molecular formula is C28H31F2N6O6PS. The second-order valence-corrected chi connectivity index (χ2v) is 13.8. The van der Waals surface area contributed by atoms with Gasteiger partial charge >= 0.3 is 13.3 Å². The first-order chi connectivity index (χ1) is 20.9. The van der Waals surface area contributed by atoms with Crippen molar-refractivity contribution in [2.75, 3.05) is 0 Å². The van der Waals surface area contributed by atoms with E-state index in [1.54, 1.807) is 11.1 Å². The number of aromatic amines is 1. The highest BCUT2D eigenvalue weighted by molar-refractivity contribution is 7.52. The number of pyridine rings is 1. The summed E-state index contributed by atoms with van der Waals surface area (Å²) in [6.45, 7) is 0.357. The Morgan fingerprint density at radius 3 is 2.82 bits per heavy atom. The Kier molecular flexibility index (Phi) is 8.30. The largest absolute Gasteiger partial charge is 0.399 e. The first-order valence-electron chi connectivity index (χ1n) is 14.1. The Hall–Kier alpha value is -3.30. The number of benzene rings is 1. The first kappa shape index (κ1) is 30.7. The Labute approximate surface area is 254 Å². The molecule has 5 heterocycles. The van der Waals surface area contributed by atoms with Crippen LogP contribution in [0.1, 0.15) is 52.9 Å². The normalized spacial score (nSPS) is 21.9. The Balaban J connectivity index is 1.11. The zero-order valence-corrected chi connectivity index (χ0v) is 25.0. The molecule has 1 aromatic carbocycles. The van der Waals surface area contributed by atoms with E-state index in [4.69, 9.17) is 9.79 Å². The van der Waals surface area contributed by atoms with Crippen LogP contribution < -0.4 is 16.0 Å². The lowest BCUT2D eigenvalue weighted by Crippen LogP contribution is -2.58. The second kappa shape index (κ2) is 11.9. The zero-order valence-electron chi connectivity index (χ0n) is 23.2. The van der Waals surface area contributed by atoms with E-state index in [0.29, 0.717) is 30.5 Å². The number of rotatable bonds is 9. The van der Waals surface area contributed by atoms with Crippen LogP contribution in [0, 0.1) is 0 Å². The number of nitrogens with one attached hydrogen (secondary N) is 4. The van der Waals surface area contributed by atoms with Crippen molar-refractivity contribution in [2.45, 2.75) is 68.9 Å². The van der Waals surface area contributed by atoms with Gasteiger partial charge in [-0.15, -0.1) is 11.3 Å². The molecule has 4 atom stereocenters. The molecule has 2 aliphatic rings. The predicted octanol–water partition coefficient (Wildman–Crippen LogP) is 3.26. The summed E-state index contributed by atoms with van der Waals surface area (Å²) in [4.78, 5) is 54.3. The van der Waals surface area contributed by atoms with Crippen molar-refractivity contribution in [3.8, 4) is 0 Å². The quantitative estimate of drug-likeness (QED) is 0.106. The maximum Gasteiger partial charge on any atom is 0.399 e. The van der Waals surface area contributed by atoms with Crippen LogP contribution in [0.4, 0.5) is 8.78 Å². The fourth-order valence-electron chi connectivity index (χ4n) is 6.01. The molecule has 2 unspecified atom stereocenters. The highest BCUT2D eigenvalue weighted by Gasteiger charge is 2.50. The van der Waals surface area contributed by atoms with Crippen LogP contribution >= 0.6 is 18.9 Å². The summed E-state index contributed by atoms with van der Waals surface area (Å²) in [6, 6.07) is 7.44. The van der Waals surface area contributed by atoms with Crippen molar-refractivity contribution >= 4 is 51.9 Å². The van der Waals surface area contributed by atoms with E-state index >= 15 is 0 Å². The number of fused-ring (bicyclic) bond motifs is 3. The van der Waals surface area contributed by atoms with E-state index in [9.17, 15) is 28.0 Å². The van der Waals surface area contributed by atoms with Crippen LogP contribution in [0.5, 0.6) is 0 Å². The van der Waals surface area contributed by atoms with Crippen LogP contribution in [0.25, 0.3) is 21.1 Å². The minimum atomic E-state index is -5.74. The van der Waals surface area contributed by atoms with Crippen LogP contribution in [-0.4, -0.2) is 66.2 Å². The molecule has 12 nitrogen and oxygen atoms in total. The minimum absolute atomic E-state index is 0.0350. The average Bonchev–Trinajstić information content (AvgIpc) is 3.68. The number of thiophene rings is 1. The van der Waals surface area contributed by atoms with E-state index in [0.717, 1.165) is 52.9 Å².